The number of amides is 1. The lowest BCUT2D eigenvalue weighted by Gasteiger charge is -2.10. The number of rotatable bonds is 2. The van der Waals surface area contributed by atoms with Gasteiger partial charge >= 0.3 is 0 Å². The number of para-hydroxylation sites is 1. The fourth-order valence-corrected chi connectivity index (χ4v) is 2.73. The van der Waals surface area contributed by atoms with Crippen LogP contribution in [0, 0.1) is 0 Å². The van der Waals surface area contributed by atoms with E-state index in [2.05, 4.69) is 37.2 Å². The number of benzene rings is 2. The highest BCUT2D eigenvalue weighted by Gasteiger charge is 2.12. The van der Waals surface area contributed by atoms with Gasteiger partial charge < -0.3 is 15.5 Å². The van der Waals surface area contributed by atoms with E-state index >= 15 is 0 Å². The van der Waals surface area contributed by atoms with E-state index in [4.69, 9.17) is 0 Å². The van der Waals surface area contributed by atoms with Crippen LogP contribution >= 0.6 is 31.9 Å². The molecule has 2 rings (SSSR count). The van der Waals surface area contributed by atoms with E-state index < -0.39 is 5.91 Å². The number of anilines is 1. The Labute approximate surface area is 126 Å². The maximum absolute atomic E-state index is 12.0. The predicted octanol–water partition coefficient (Wildman–Crippen LogP) is 3.88. The van der Waals surface area contributed by atoms with Crippen molar-refractivity contribution in [1.82, 2.24) is 0 Å². The number of hydrogen-bond donors (Lipinski definition) is 3. The average Bonchev–Trinajstić information content (AvgIpc) is 2.32. The summed E-state index contributed by atoms with van der Waals surface area (Å²) in [6, 6.07) is 9.12. The van der Waals surface area contributed by atoms with Crippen molar-refractivity contribution in [3.05, 3.63) is 50.9 Å². The Hall–Kier alpha value is -1.53. The van der Waals surface area contributed by atoms with Gasteiger partial charge in [0.05, 0.1) is 5.69 Å². The monoisotopic (exact) mass is 385 g/mol. The van der Waals surface area contributed by atoms with Gasteiger partial charge in [-0.05, 0) is 56.1 Å². The fraction of sp³-hybridized carbons (Fsp3) is 0. The average molecular weight is 387 g/mol. The first-order valence-corrected chi connectivity index (χ1v) is 6.84. The first kappa shape index (κ1) is 13.9. The van der Waals surface area contributed by atoms with Crippen molar-refractivity contribution in [3.8, 4) is 11.5 Å². The van der Waals surface area contributed by atoms with Crippen LogP contribution in [0.3, 0.4) is 0 Å². The molecule has 0 saturated heterocycles. The van der Waals surface area contributed by atoms with Gasteiger partial charge in [-0.3, -0.25) is 4.79 Å². The Bertz CT molecular complexity index is 603. The molecule has 0 aliphatic carbocycles. The van der Waals surface area contributed by atoms with Crippen LogP contribution in [-0.2, 0) is 0 Å². The number of phenolic OH excluding ortho intramolecular Hbond substituents is 2. The topological polar surface area (TPSA) is 69.6 Å². The molecule has 4 nitrogen and oxygen atoms in total. The molecule has 98 valence electrons. The first-order valence-electron chi connectivity index (χ1n) is 5.26. The number of hydrogen-bond acceptors (Lipinski definition) is 3. The lowest BCUT2D eigenvalue weighted by atomic mass is 10.2. The van der Waals surface area contributed by atoms with Gasteiger partial charge in [-0.25, -0.2) is 0 Å². The maximum atomic E-state index is 12.0. The van der Waals surface area contributed by atoms with Crippen molar-refractivity contribution >= 4 is 43.5 Å². The van der Waals surface area contributed by atoms with Crippen LogP contribution in [0.4, 0.5) is 5.69 Å². The minimum Gasteiger partial charge on any atom is -0.508 e. The number of phenols is 2. The van der Waals surface area contributed by atoms with Gasteiger partial charge in [-0.1, -0.05) is 6.07 Å². The van der Waals surface area contributed by atoms with Gasteiger partial charge in [0.1, 0.15) is 11.5 Å². The second kappa shape index (κ2) is 5.63. The third-order valence-electron chi connectivity index (χ3n) is 2.37. The minimum atomic E-state index is -0.432. The van der Waals surface area contributed by atoms with Crippen LogP contribution in [0.2, 0.25) is 0 Å². The Balaban J connectivity index is 2.31. The van der Waals surface area contributed by atoms with E-state index in [1.165, 1.54) is 12.1 Å². The summed E-state index contributed by atoms with van der Waals surface area (Å²) in [5, 5.41) is 21.4. The predicted molar refractivity (Wildman–Crippen MR) is 79.6 cm³/mol. The highest BCUT2D eigenvalue weighted by molar-refractivity contribution is 9.11. The molecular formula is C13H9Br2NO3. The number of carbonyl (C=O) groups is 1. The molecule has 0 bridgehead atoms. The maximum Gasteiger partial charge on any atom is 0.255 e. The molecule has 2 aromatic carbocycles. The molecule has 0 heterocycles. The van der Waals surface area contributed by atoms with Crippen LogP contribution in [0.5, 0.6) is 11.5 Å². The Morgan fingerprint density at radius 1 is 1.00 bits per heavy atom. The Morgan fingerprint density at radius 2 is 1.53 bits per heavy atom. The van der Waals surface area contributed by atoms with Crippen LogP contribution in [0.25, 0.3) is 0 Å². The lowest BCUT2D eigenvalue weighted by Crippen LogP contribution is -2.12. The van der Waals surface area contributed by atoms with Crippen LogP contribution in [-0.4, -0.2) is 16.1 Å². The highest BCUT2D eigenvalue weighted by Crippen LogP contribution is 2.31. The molecule has 0 aliphatic rings. The van der Waals surface area contributed by atoms with E-state index in [0.29, 0.717) is 5.69 Å². The Kier molecular flexibility index (Phi) is 4.11. The fourth-order valence-electron chi connectivity index (χ4n) is 1.53. The van der Waals surface area contributed by atoms with Gasteiger partial charge in [0.2, 0.25) is 0 Å². The number of aromatic hydroxyl groups is 2. The summed E-state index contributed by atoms with van der Waals surface area (Å²) in [7, 11) is 0. The standard InChI is InChI=1S/C13H9Br2NO3/c14-10-2-1-3-11(15)12(10)16-13(19)7-4-8(17)6-9(18)5-7/h1-6,17-18H,(H,16,19). The molecule has 0 unspecified atom stereocenters. The molecule has 0 atom stereocenters. The van der Waals surface area contributed by atoms with Gasteiger partial charge in [0.25, 0.3) is 5.91 Å². The largest absolute Gasteiger partial charge is 0.508 e. The van der Waals surface area contributed by atoms with E-state index in [1.807, 2.05) is 6.07 Å². The van der Waals surface area contributed by atoms with E-state index in [-0.39, 0.29) is 17.1 Å². The second-order valence-electron chi connectivity index (χ2n) is 3.79. The van der Waals surface area contributed by atoms with Gasteiger partial charge in [-0.15, -0.1) is 0 Å². The van der Waals surface area contributed by atoms with E-state index in [1.54, 1.807) is 12.1 Å². The molecule has 6 heteroatoms. The van der Waals surface area contributed by atoms with E-state index in [0.717, 1.165) is 15.0 Å². The molecule has 3 N–H and O–H groups in total. The second-order valence-corrected chi connectivity index (χ2v) is 5.50. The summed E-state index contributed by atoms with van der Waals surface area (Å²) in [6.07, 6.45) is 0. The van der Waals surface area contributed by atoms with Crippen molar-refractivity contribution in [1.29, 1.82) is 0 Å². The minimum absolute atomic E-state index is 0.167. The number of nitrogens with one attached hydrogen (secondary N) is 1. The SMILES string of the molecule is O=C(Nc1c(Br)cccc1Br)c1cc(O)cc(O)c1. The van der Waals surface area contributed by atoms with E-state index in [9.17, 15) is 15.0 Å². The third-order valence-corrected chi connectivity index (χ3v) is 3.69. The molecule has 0 fully saturated rings. The zero-order valence-electron chi connectivity index (χ0n) is 9.52. The zero-order chi connectivity index (χ0) is 14.0. The molecule has 0 saturated carbocycles. The van der Waals surface area contributed by atoms with Crippen molar-refractivity contribution in [3.63, 3.8) is 0 Å². The summed E-state index contributed by atoms with van der Waals surface area (Å²) in [4.78, 5) is 12.0. The third kappa shape index (κ3) is 3.27. The molecule has 0 spiro atoms. The van der Waals surface area contributed by atoms with Gasteiger partial charge in [0.15, 0.2) is 0 Å². The first-order chi connectivity index (χ1) is 8.97. The number of halogens is 2. The number of carbonyl (C=O) groups excluding carboxylic acids is 1. The summed E-state index contributed by atoms with van der Waals surface area (Å²) >= 11 is 6.67. The van der Waals surface area contributed by atoms with Crippen molar-refractivity contribution in [2.24, 2.45) is 0 Å². The van der Waals surface area contributed by atoms with Crippen LogP contribution < -0.4 is 5.32 Å². The van der Waals surface area contributed by atoms with Crippen molar-refractivity contribution in [2.75, 3.05) is 5.32 Å². The molecular weight excluding hydrogens is 378 g/mol. The molecule has 19 heavy (non-hydrogen) atoms. The summed E-state index contributed by atoms with van der Waals surface area (Å²) in [5.74, 6) is -0.772. The Morgan fingerprint density at radius 3 is 2.05 bits per heavy atom. The molecule has 0 radical (unpaired) electrons. The van der Waals surface area contributed by atoms with Gasteiger partial charge in [0, 0.05) is 20.6 Å². The van der Waals surface area contributed by atoms with Crippen LogP contribution in [0.15, 0.2) is 45.3 Å². The van der Waals surface area contributed by atoms with Gasteiger partial charge in [-0.2, -0.15) is 0 Å². The summed E-state index contributed by atoms with van der Waals surface area (Å²) in [6.45, 7) is 0. The zero-order valence-corrected chi connectivity index (χ0v) is 12.7. The molecule has 0 aromatic heterocycles. The smallest absolute Gasteiger partial charge is 0.255 e. The van der Waals surface area contributed by atoms with Crippen molar-refractivity contribution in [2.45, 2.75) is 0 Å². The summed E-state index contributed by atoms with van der Waals surface area (Å²) in [5.41, 5.74) is 0.746. The quantitative estimate of drug-likeness (QED) is 0.733. The molecule has 2 aromatic rings. The highest BCUT2D eigenvalue weighted by atomic mass is 79.9. The van der Waals surface area contributed by atoms with Crippen molar-refractivity contribution < 1.29 is 15.0 Å². The summed E-state index contributed by atoms with van der Waals surface area (Å²) < 4.78 is 1.44. The molecule has 0 aliphatic heterocycles. The lowest BCUT2D eigenvalue weighted by molar-refractivity contribution is 0.102. The van der Waals surface area contributed by atoms with Crippen LogP contribution in [0.1, 0.15) is 10.4 Å². The molecule has 1 amide bonds. The normalized spacial score (nSPS) is 10.2.